The van der Waals surface area contributed by atoms with Crippen molar-refractivity contribution in [2.45, 2.75) is 6.92 Å². The normalized spacial score (nSPS) is 10.4. The molecule has 2 aromatic carbocycles. The maximum Gasteiger partial charge on any atom is 0.337 e. The molecule has 2 aromatic rings. The minimum atomic E-state index is -1.06. The van der Waals surface area contributed by atoms with E-state index in [0.717, 1.165) is 10.8 Å². The van der Waals surface area contributed by atoms with Crippen molar-refractivity contribution in [2.75, 3.05) is 18.4 Å². The highest BCUT2D eigenvalue weighted by atomic mass is 16.4. The van der Waals surface area contributed by atoms with Gasteiger partial charge in [-0.15, -0.1) is 0 Å². The van der Waals surface area contributed by atoms with Crippen molar-refractivity contribution >= 4 is 28.3 Å². The summed E-state index contributed by atoms with van der Waals surface area (Å²) in [6.45, 7) is 2.73. The van der Waals surface area contributed by atoms with Crippen molar-refractivity contribution in [3.8, 4) is 0 Å². The third-order valence-corrected chi connectivity index (χ3v) is 2.93. The van der Waals surface area contributed by atoms with Crippen LogP contribution in [-0.4, -0.2) is 30.1 Å². The number of hydrogen-bond donors (Lipinski definition) is 3. The van der Waals surface area contributed by atoms with E-state index >= 15 is 0 Å². The fourth-order valence-corrected chi connectivity index (χ4v) is 1.95. The van der Waals surface area contributed by atoms with Crippen LogP contribution in [-0.2, 0) is 4.79 Å². The molecule has 0 heterocycles. The van der Waals surface area contributed by atoms with E-state index in [1.165, 1.54) is 0 Å². The van der Waals surface area contributed by atoms with Crippen LogP contribution in [0.15, 0.2) is 36.4 Å². The fraction of sp³-hybridized carbons (Fsp3) is 0.200. The number of hydrogen-bond acceptors (Lipinski definition) is 3. The number of aromatic carboxylic acids is 1. The Bertz CT molecular complexity index is 653. The molecule has 0 aromatic heterocycles. The van der Waals surface area contributed by atoms with Gasteiger partial charge in [0.1, 0.15) is 0 Å². The summed E-state index contributed by atoms with van der Waals surface area (Å²) in [5.41, 5.74) is 0.410. The molecule has 0 spiro atoms. The molecule has 0 radical (unpaired) electrons. The summed E-state index contributed by atoms with van der Waals surface area (Å²) in [5.74, 6) is -1.32. The summed E-state index contributed by atoms with van der Waals surface area (Å²) in [7, 11) is 0. The van der Waals surface area contributed by atoms with Crippen LogP contribution in [0.3, 0.4) is 0 Å². The topological polar surface area (TPSA) is 78.4 Å². The molecule has 0 aliphatic rings. The van der Waals surface area contributed by atoms with Crippen molar-refractivity contribution in [3.63, 3.8) is 0 Å². The lowest BCUT2D eigenvalue weighted by molar-refractivity contribution is -0.115. The van der Waals surface area contributed by atoms with E-state index < -0.39 is 5.97 Å². The fourth-order valence-electron chi connectivity index (χ4n) is 1.95. The minimum absolute atomic E-state index is 0.0912. The Morgan fingerprint density at radius 2 is 1.80 bits per heavy atom. The molecule has 0 saturated heterocycles. The second-order valence-corrected chi connectivity index (χ2v) is 4.38. The van der Waals surface area contributed by atoms with E-state index in [2.05, 4.69) is 10.6 Å². The molecule has 0 aliphatic heterocycles. The molecule has 0 aliphatic carbocycles. The molecule has 5 heteroatoms. The number of amides is 1. The average Bonchev–Trinajstić information content (AvgIpc) is 2.44. The number of carboxylic acid groups (broad SMARTS) is 1. The van der Waals surface area contributed by atoms with E-state index in [1.54, 1.807) is 12.1 Å². The number of anilines is 1. The Morgan fingerprint density at radius 3 is 2.40 bits per heavy atom. The third kappa shape index (κ3) is 3.13. The van der Waals surface area contributed by atoms with Gasteiger partial charge in [0.25, 0.3) is 0 Å². The van der Waals surface area contributed by atoms with Crippen LogP contribution in [0, 0.1) is 0 Å². The third-order valence-electron chi connectivity index (χ3n) is 2.93. The van der Waals surface area contributed by atoms with Crippen molar-refractivity contribution in [1.82, 2.24) is 5.32 Å². The first kappa shape index (κ1) is 14.0. The van der Waals surface area contributed by atoms with Crippen molar-refractivity contribution in [2.24, 2.45) is 0 Å². The summed E-state index contributed by atoms with van der Waals surface area (Å²) in [6, 6.07) is 10.7. The first-order valence-electron chi connectivity index (χ1n) is 6.38. The average molecular weight is 272 g/mol. The summed E-state index contributed by atoms with van der Waals surface area (Å²) in [5, 5.41) is 16.5. The summed E-state index contributed by atoms with van der Waals surface area (Å²) in [6.07, 6.45) is 0. The maximum atomic E-state index is 11.7. The Labute approximate surface area is 116 Å². The number of nitrogens with one attached hydrogen (secondary N) is 2. The van der Waals surface area contributed by atoms with Gasteiger partial charge in [0.2, 0.25) is 5.91 Å². The summed E-state index contributed by atoms with van der Waals surface area (Å²) in [4.78, 5) is 23.0. The second-order valence-electron chi connectivity index (χ2n) is 4.38. The predicted octanol–water partition coefficient (Wildman–Crippen LogP) is 2.09. The standard InChI is InChI=1S/C15H16N2O3/c1-2-16-9-14(18)17-13-8-11-6-4-3-5-10(11)7-12(13)15(19)20/h3-8,16H,2,9H2,1H3,(H,17,18)(H,19,20). The molecule has 3 N–H and O–H groups in total. The highest BCUT2D eigenvalue weighted by Crippen LogP contribution is 2.24. The Hall–Kier alpha value is -2.40. The lowest BCUT2D eigenvalue weighted by Gasteiger charge is -2.10. The van der Waals surface area contributed by atoms with E-state index in [1.807, 2.05) is 31.2 Å². The van der Waals surface area contributed by atoms with Crippen LogP contribution in [0.25, 0.3) is 10.8 Å². The second kappa shape index (κ2) is 6.16. The van der Waals surface area contributed by atoms with Crippen LogP contribution in [0.4, 0.5) is 5.69 Å². The SMILES string of the molecule is CCNCC(=O)Nc1cc2ccccc2cc1C(=O)O. The molecule has 104 valence electrons. The molecule has 0 atom stereocenters. The Morgan fingerprint density at radius 1 is 1.15 bits per heavy atom. The van der Waals surface area contributed by atoms with Gasteiger partial charge in [-0.2, -0.15) is 0 Å². The molecule has 0 fully saturated rings. The molecule has 0 bridgehead atoms. The molecular formula is C15H16N2O3. The Balaban J connectivity index is 2.37. The lowest BCUT2D eigenvalue weighted by atomic mass is 10.0. The van der Waals surface area contributed by atoms with Crippen LogP contribution < -0.4 is 10.6 Å². The quantitative estimate of drug-likeness (QED) is 0.778. The zero-order chi connectivity index (χ0) is 14.5. The number of carbonyl (C=O) groups excluding carboxylic acids is 1. The lowest BCUT2D eigenvalue weighted by Crippen LogP contribution is -2.28. The van der Waals surface area contributed by atoms with Gasteiger partial charge >= 0.3 is 5.97 Å². The zero-order valence-corrected chi connectivity index (χ0v) is 11.1. The summed E-state index contributed by atoms with van der Waals surface area (Å²) < 4.78 is 0. The zero-order valence-electron chi connectivity index (χ0n) is 11.1. The Kier molecular flexibility index (Phi) is 4.32. The van der Waals surface area contributed by atoms with Gasteiger partial charge in [0, 0.05) is 0 Å². The smallest absolute Gasteiger partial charge is 0.337 e. The van der Waals surface area contributed by atoms with Crippen LogP contribution in [0.2, 0.25) is 0 Å². The molecular weight excluding hydrogens is 256 g/mol. The summed E-state index contributed by atoms with van der Waals surface area (Å²) >= 11 is 0. The molecule has 5 nitrogen and oxygen atoms in total. The van der Waals surface area contributed by atoms with Gasteiger partial charge in [-0.1, -0.05) is 31.2 Å². The van der Waals surface area contributed by atoms with Crippen LogP contribution in [0.5, 0.6) is 0 Å². The van der Waals surface area contributed by atoms with E-state index in [0.29, 0.717) is 12.2 Å². The molecule has 0 unspecified atom stereocenters. The molecule has 0 saturated carbocycles. The van der Waals surface area contributed by atoms with E-state index in [9.17, 15) is 14.7 Å². The highest BCUT2D eigenvalue weighted by Gasteiger charge is 2.13. The first-order valence-corrected chi connectivity index (χ1v) is 6.38. The highest BCUT2D eigenvalue weighted by molar-refractivity contribution is 6.05. The van der Waals surface area contributed by atoms with Gasteiger partial charge in [0.05, 0.1) is 17.8 Å². The predicted molar refractivity (Wildman–Crippen MR) is 78.1 cm³/mol. The van der Waals surface area contributed by atoms with Gasteiger partial charge in [-0.05, 0) is 29.4 Å². The number of carboxylic acids is 1. The largest absolute Gasteiger partial charge is 0.478 e. The van der Waals surface area contributed by atoms with Gasteiger partial charge in [0.15, 0.2) is 0 Å². The van der Waals surface area contributed by atoms with Crippen LogP contribution >= 0.6 is 0 Å². The monoisotopic (exact) mass is 272 g/mol. The van der Waals surface area contributed by atoms with Gasteiger partial charge < -0.3 is 15.7 Å². The van der Waals surface area contributed by atoms with Crippen LogP contribution in [0.1, 0.15) is 17.3 Å². The van der Waals surface area contributed by atoms with E-state index in [-0.39, 0.29) is 18.0 Å². The number of benzene rings is 2. The first-order chi connectivity index (χ1) is 9.61. The number of carbonyl (C=O) groups is 2. The number of fused-ring (bicyclic) bond motifs is 1. The molecule has 20 heavy (non-hydrogen) atoms. The maximum absolute atomic E-state index is 11.7. The van der Waals surface area contributed by atoms with Crippen molar-refractivity contribution in [1.29, 1.82) is 0 Å². The van der Waals surface area contributed by atoms with Crippen molar-refractivity contribution in [3.05, 3.63) is 42.0 Å². The van der Waals surface area contributed by atoms with Gasteiger partial charge in [-0.25, -0.2) is 4.79 Å². The minimum Gasteiger partial charge on any atom is -0.478 e. The number of likely N-dealkylation sites (N-methyl/N-ethyl adjacent to an activating group) is 1. The van der Waals surface area contributed by atoms with E-state index in [4.69, 9.17) is 0 Å². The van der Waals surface area contributed by atoms with Crippen molar-refractivity contribution < 1.29 is 14.7 Å². The van der Waals surface area contributed by atoms with Gasteiger partial charge in [-0.3, -0.25) is 4.79 Å². The number of rotatable bonds is 5. The molecule has 1 amide bonds. The molecule has 2 rings (SSSR count).